The highest BCUT2D eigenvalue weighted by atomic mass is 16.1. The molecule has 0 saturated carbocycles. The fourth-order valence-corrected chi connectivity index (χ4v) is 1.22. The molecule has 15 heavy (non-hydrogen) atoms. The Morgan fingerprint density at radius 2 is 1.53 bits per heavy atom. The standard InChI is InChI=1S/C13H27NO/c1-12(2,3)9-7-11(15)8-10-14-13(4,5)6/h14H,7-10H2,1-6H3. The highest BCUT2D eigenvalue weighted by molar-refractivity contribution is 5.78. The zero-order chi connectivity index (χ0) is 12.1. The van der Waals surface area contributed by atoms with E-state index in [1.807, 2.05) is 0 Å². The maximum atomic E-state index is 11.5. The molecule has 0 spiro atoms. The van der Waals surface area contributed by atoms with Crippen molar-refractivity contribution >= 4 is 5.78 Å². The van der Waals surface area contributed by atoms with Crippen LogP contribution in [0.4, 0.5) is 0 Å². The van der Waals surface area contributed by atoms with Crippen LogP contribution in [0.1, 0.15) is 60.8 Å². The molecule has 0 fully saturated rings. The Morgan fingerprint density at radius 3 is 1.93 bits per heavy atom. The molecular weight excluding hydrogens is 186 g/mol. The number of ketones is 1. The van der Waals surface area contributed by atoms with Crippen molar-refractivity contribution in [3.8, 4) is 0 Å². The summed E-state index contributed by atoms with van der Waals surface area (Å²) in [6.45, 7) is 13.7. The van der Waals surface area contributed by atoms with Gasteiger partial charge in [0, 0.05) is 24.9 Å². The highest BCUT2D eigenvalue weighted by Crippen LogP contribution is 2.20. The van der Waals surface area contributed by atoms with Gasteiger partial charge in [-0.2, -0.15) is 0 Å². The third-order valence-electron chi connectivity index (χ3n) is 2.21. The van der Waals surface area contributed by atoms with Gasteiger partial charge < -0.3 is 5.32 Å². The molecule has 1 N–H and O–H groups in total. The average Bonchev–Trinajstić information content (AvgIpc) is 1.97. The maximum Gasteiger partial charge on any atom is 0.134 e. The first-order chi connectivity index (χ1) is 6.60. The molecule has 0 unspecified atom stereocenters. The van der Waals surface area contributed by atoms with E-state index in [0.29, 0.717) is 12.2 Å². The molecular formula is C13H27NO. The van der Waals surface area contributed by atoms with Crippen molar-refractivity contribution in [2.45, 2.75) is 66.3 Å². The molecule has 0 saturated heterocycles. The van der Waals surface area contributed by atoms with Gasteiger partial charge in [0.25, 0.3) is 0 Å². The van der Waals surface area contributed by atoms with Crippen LogP contribution in [0.25, 0.3) is 0 Å². The highest BCUT2D eigenvalue weighted by Gasteiger charge is 2.13. The zero-order valence-corrected chi connectivity index (χ0v) is 11.2. The van der Waals surface area contributed by atoms with Crippen LogP contribution >= 0.6 is 0 Å². The van der Waals surface area contributed by atoms with Gasteiger partial charge in [0.05, 0.1) is 0 Å². The van der Waals surface area contributed by atoms with Crippen LogP contribution in [-0.4, -0.2) is 17.9 Å². The first-order valence-electron chi connectivity index (χ1n) is 5.87. The smallest absolute Gasteiger partial charge is 0.134 e. The second-order valence-electron chi connectivity index (χ2n) is 6.53. The fourth-order valence-electron chi connectivity index (χ4n) is 1.22. The van der Waals surface area contributed by atoms with Gasteiger partial charge >= 0.3 is 0 Å². The van der Waals surface area contributed by atoms with Crippen molar-refractivity contribution in [1.82, 2.24) is 5.32 Å². The quantitative estimate of drug-likeness (QED) is 0.760. The van der Waals surface area contributed by atoms with E-state index >= 15 is 0 Å². The number of carbonyl (C=O) groups excluding carboxylic acids is 1. The summed E-state index contributed by atoms with van der Waals surface area (Å²) in [5, 5.41) is 3.33. The van der Waals surface area contributed by atoms with Crippen molar-refractivity contribution in [3.63, 3.8) is 0 Å². The molecule has 0 radical (unpaired) electrons. The minimum Gasteiger partial charge on any atom is -0.312 e. The van der Waals surface area contributed by atoms with E-state index in [-0.39, 0.29) is 11.0 Å². The number of hydrogen-bond donors (Lipinski definition) is 1. The Morgan fingerprint density at radius 1 is 1.00 bits per heavy atom. The summed E-state index contributed by atoms with van der Waals surface area (Å²) in [5.41, 5.74) is 0.386. The molecule has 90 valence electrons. The lowest BCUT2D eigenvalue weighted by molar-refractivity contribution is -0.119. The Bertz CT molecular complexity index is 196. The van der Waals surface area contributed by atoms with Crippen LogP contribution in [0.5, 0.6) is 0 Å². The van der Waals surface area contributed by atoms with E-state index in [1.165, 1.54) is 0 Å². The molecule has 0 aliphatic heterocycles. The molecule has 0 atom stereocenters. The second kappa shape index (κ2) is 5.64. The molecule has 0 aliphatic carbocycles. The minimum atomic E-state index is 0.115. The Kier molecular flexibility index (Phi) is 5.50. The predicted molar refractivity (Wildman–Crippen MR) is 66.1 cm³/mol. The van der Waals surface area contributed by atoms with Gasteiger partial charge in [0.1, 0.15) is 5.78 Å². The van der Waals surface area contributed by atoms with Crippen LogP contribution in [-0.2, 0) is 4.79 Å². The third-order valence-corrected chi connectivity index (χ3v) is 2.21. The lowest BCUT2D eigenvalue weighted by Crippen LogP contribution is -2.37. The summed E-state index contributed by atoms with van der Waals surface area (Å²) in [6.07, 6.45) is 2.37. The summed E-state index contributed by atoms with van der Waals surface area (Å²) in [6, 6.07) is 0. The topological polar surface area (TPSA) is 29.1 Å². The lowest BCUT2D eigenvalue weighted by Gasteiger charge is -2.20. The Labute approximate surface area is 94.8 Å². The van der Waals surface area contributed by atoms with E-state index in [2.05, 4.69) is 46.9 Å². The molecule has 0 aromatic carbocycles. The maximum absolute atomic E-state index is 11.5. The lowest BCUT2D eigenvalue weighted by atomic mass is 9.89. The minimum absolute atomic E-state index is 0.115. The van der Waals surface area contributed by atoms with Gasteiger partial charge in [0.15, 0.2) is 0 Å². The van der Waals surface area contributed by atoms with Gasteiger partial charge in [-0.1, -0.05) is 20.8 Å². The first-order valence-corrected chi connectivity index (χ1v) is 5.87. The van der Waals surface area contributed by atoms with E-state index < -0.39 is 0 Å². The van der Waals surface area contributed by atoms with E-state index in [9.17, 15) is 4.79 Å². The Hall–Kier alpha value is -0.370. The number of rotatable bonds is 5. The van der Waals surface area contributed by atoms with E-state index in [1.54, 1.807) is 0 Å². The average molecular weight is 213 g/mol. The van der Waals surface area contributed by atoms with Crippen molar-refractivity contribution in [2.24, 2.45) is 5.41 Å². The number of nitrogens with one attached hydrogen (secondary N) is 1. The molecule has 0 bridgehead atoms. The van der Waals surface area contributed by atoms with Crippen molar-refractivity contribution < 1.29 is 4.79 Å². The van der Waals surface area contributed by atoms with Gasteiger partial charge in [0.2, 0.25) is 0 Å². The summed E-state index contributed by atoms with van der Waals surface area (Å²) >= 11 is 0. The van der Waals surface area contributed by atoms with Crippen molar-refractivity contribution in [3.05, 3.63) is 0 Å². The molecule has 0 aromatic heterocycles. The van der Waals surface area contributed by atoms with Crippen molar-refractivity contribution in [1.29, 1.82) is 0 Å². The van der Waals surface area contributed by atoms with Gasteiger partial charge in [-0.05, 0) is 32.6 Å². The summed E-state index contributed by atoms with van der Waals surface area (Å²) < 4.78 is 0. The molecule has 0 rings (SSSR count). The van der Waals surface area contributed by atoms with Crippen LogP contribution < -0.4 is 5.32 Å². The summed E-state index contributed by atoms with van der Waals surface area (Å²) in [5.74, 6) is 0.377. The SMILES string of the molecule is CC(C)(C)CCC(=O)CCNC(C)(C)C. The predicted octanol–water partition coefficient (Wildman–Crippen LogP) is 3.16. The molecule has 0 aromatic rings. The third kappa shape index (κ3) is 11.6. The molecule has 0 aliphatic rings. The van der Waals surface area contributed by atoms with Crippen LogP contribution in [0.3, 0.4) is 0 Å². The first kappa shape index (κ1) is 14.6. The van der Waals surface area contributed by atoms with Gasteiger partial charge in [-0.3, -0.25) is 4.79 Å². The van der Waals surface area contributed by atoms with Crippen LogP contribution in [0, 0.1) is 5.41 Å². The molecule has 0 heterocycles. The second-order valence-corrected chi connectivity index (χ2v) is 6.53. The van der Waals surface area contributed by atoms with Gasteiger partial charge in [-0.25, -0.2) is 0 Å². The molecule has 2 heteroatoms. The number of carbonyl (C=O) groups is 1. The largest absolute Gasteiger partial charge is 0.312 e. The van der Waals surface area contributed by atoms with Crippen LogP contribution in [0.2, 0.25) is 0 Å². The molecule has 0 amide bonds. The van der Waals surface area contributed by atoms with Gasteiger partial charge in [-0.15, -0.1) is 0 Å². The number of Topliss-reactive ketones (excluding diaryl/α,β-unsaturated/α-hetero) is 1. The van der Waals surface area contributed by atoms with Crippen LogP contribution in [0.15, 0.2) is 0 Å². The summed E-state index contributed by atoms with van der Waals surface area (Å²) in [4.78, 5) is 11.5. The monoisotopic (exact) mass is 213 g/mol. The zero-order valence-electron chi connectivity index (χ0n) is 11.2. The number of hydrogen-bond acceptors (Lipinski definition) is 2. The van der Waals surface area contributed by atoms with E-state index in [4.69, 9.17) is 0 Å². The van der Waals surface area contributed by atoms with E-state index in [0.717, 1.165) is 19.4 Å². The fraction of sp³-hybridized carbons (Fsp3) is 0.923. The molecule has 2 nitrogen and oxygen atoms in total. The normalized spacial score (nSPS) is 12.9. The Balaban J connectivity index is 3.60. The summed E-state index contributed by atoms with van der Waals surface area (Å²) in [7, 11) is 0. The van der Waals surface area contributed by atoms with Crippen molar-refractivity contribution in [2.75, 3.05) is 6.54 Å².